The predicted molar refractivity (Wildman–Crippen MR) is 105 cm³/mol. The van der Waals surface area contributed by atoms with Crippen LogP contribution in [0.15, 0.2) is 30.3 Å². The number of thiazole rings is 1. The smallest absolute Gasteiger partial charge is 0.251 e. The molecular weight excluding hydrogens is 362 g/mol. The van der Waals surface area contributed by atoms with Gasteiger partial charge in [-0.3, -0.25) is 14.4 Å². The molecule has 0 saturated carbocycles. The summed E-state index contributed by atoms with van der Waals surface area (Å²) in [6.07, 6.45) is 2.82. The third-order valence-corrected chi connectivity index (χ3v) is 5.87. The average molecular weight is 385 g/mol. The van der Waals surface area contributed by atoms with Crippen molar-refractivity contribution < 1.29 is 14.4 Å². The number of hydrogen-bond acceptors (Lipinski definition) is 5. The van der Waals surface area contributed by atoms with Crippen LogP contribution in [0.5, 0.6) is 0 Å². The van der Waals surface area contributed by atoms with Gasteiger partial charge in [0, 0.05) is 12.0 Å². The molecular formula is C20H23N3O3S. The van der Waals surface area contributed by atoms with Gasteiger partial charge in [0.25, 0.3) is 5.91 Å². The molecule has 6 nitrogen and oxygen atoms in total. The standard InChI is InChI=1S/C20H23N3O3S/c1-3-12(2)16(22-18(25)13-8-5-4-6-9-13)19(26)23-20-21-14-10-7-11-15(24)17(14)27-20/h4-6,8-9,12,16H,3,7,10-11H2,1-2H3,(H,22,25)(H,21,23,26). The fourth-order valence-electron chi connectivity index (χ4n) is 3.02. The summed E-state index contributed by atoms with van der Waals surface area (Å²) in [4.78, 5) is 42.3. The highest BCUT2D eigenvalue weighted by atomic mass is 32.1. The number of carbonyl (C=O) groups excluding carboxylic acids is 3. The number of amides is 2. The lowest BCUT2D eigenvalue weighted by molar-refractivity contribution is -0.119. The van der Waals surface area contributed by atoms with Gasteiger partial charge in [-0.15, -0.1) is 0 Å². The maximum atomic E-state index is 12.8. The van der Waals surface area contributed by atoms with Gasteiger partial charge in [0.15, 0.2) is 10.9 Å². The van der Waals surface area contributed by atoms with Crippen LogP contribution in [0.3, 0.4) is 0 Å². The van der Waals surface area contributed by atoms with Crippen molar-refractivity contribution in [1.82, 2.24) is 10.3 Å². The van der Waals surface area contributed by atoms with E-state index in [1.54, 1.807) is 24.3 Å². The van der Waals surface area contributed by atoms with E-state index in [4.69, 9.17) is 0 Å². The third kappa shape index (κ3) is 4.42. The molecule has 1 aliphatic carbocycles. The number of carbonyl (C=O) groups is 3. The van der Waals surface area contributed by atoms with Gasteiger partial charge >= 0.3 is 0 Å². The lowest BCUT2D eigenvalue weighted by Gasteiger charge is -2.23. The lowest BCUT2D eigenvalue weighted by Crippen LogP contribution is -2.47. The molecule has 1 aliphatic rings. The van der Waals surface area contributed by atoms with Gasteiger partial charge < -0.3 is 10.6 Å². The first kappa shape index (κ1) is 19.2. The molecule has 0 aliphatic heterocycles. The minimum atomic E-state index is -0.681. The van der Waals surface area contributed by atoms with Gasteiger partial charge in [0.2, 0.25) is 5.91 Å². The number of rotatable bonds is 6. The molecule has 27 heavy (non-hydrogen) atoms. The summed E-state index contributed by atoms with van der Waals surface area (Å²) in [6.45, 7) is 3.90. The van der Waals surface area contributed by atoms with Gasteiger partial charge in [-0.05, 0) is 30.9 Å². The highest BCUT2D eigenvalue weighted by Crippen LogP contribution is 2.29. The Hall–Kier alpha value is -2.54. The molecule has 7 heteroatoms. The van der Waals surface area contributed by atoms with Crippen molar-refractivity contribution in [2.45, 2.75) is 45.6 Å². The summed E-state index contributed by atoms with van der Waals surface area (Å²) in [7, 11) is 0. The molecule has 0 radical (unpaired) electrons. The number of Topliss-reactive ketones (excluding diaryl/α,β-unsaturated/α-hetero) is 1. The SMILES string of the molecule is CCC(C)C(NC(=O)c1ccccc1)C(=O)Nc1nc2c(s1)C(=O)CCC2. The fourth-order valence-corrected chi connectivity index (χ4v) is 4.00. The first-order valence-electron chi connectivity index (χ1n) is 9.19. The second kappa shape index (κ2) is 8.43. The molecule has 1 aromatic heterocycles. The van der Waals surface area contributed by atoms with Gasteiger partial charge in [0.1, 0.15) is 6.04 Å². The Morgan fingerprint density at radius 2 is 1.96 bits per heavy atom. The monoisotopic (exact) mass is 385 g/mol. The van der Waals surface area contributed by atoms with Crippen LogP contribution in [0.25, 0.3) is 0 Å². The Labute approximate surface area is 162 Å². The van der Waals surface area contributed by atoms with E-state index in [-0.39, 0.29) is 23.5 Å². The molecule has 1 heterocycles. The van der Waals surface area contributed by atoms with Crippen molar-refractivity contribution >= 4 is 34.1 Å². The zero-order chi connectivity index (χ0) is 19.4. The zero-order valence-electron chi connectivity index (χ0n) is 15.5. The van der Waals surface area contributed by atoms with Crippen LogP contribution in [0.4, 0.5) is 5.13 Å². The molecule has 0 saturated heterocycles. The molecule has 2 atom stereocenters. The Morgan fingerprint density at radius 3 is 2.63 bits per heavy atom. The lowest BCUT2D eigenvalue weighted by atomic mass is 9.98. The van der Waals surface area contributed by atoms with Crippen molar-refractivity contribution in [2.24, 2.45) is 5.92 Å². The van der Waals surface area contributed by atoms with Crippen molar-refractivity contribution in [1.29, 1.82) is 0 Å². The number of hydrogen-bond donors (Lipinski definition) is 2. The molecule has 2 N–H and O–H groups in total. The number of fused-ring (bicyclic) bond motifs is 1. The Bertz CT molecular complexity index is 847. The van der Waals surface area contributed by atoms with E-state index in [1.807, 2.05) is 19.9 Å². The molecule has 1 aromatic carbocycles. The van der Waals surface area contributed by atoms with E-state index in [0.717, 1.165) is 25.0 Å². The number of anilines is 1. The minimum Gasteiger partial charge on any atom is -0.340 e. The van der Waals surface area contributed by atoms with Crippen LogP contribution in [-0.4, -0.2) is 28.6 Å². The van der Waals surface area contributed by atoms with Gasteiger partial charge in [-0.25, -0.2) is 4.98 Å². The number of nitrogens with zero attached hydrogens (tertiary/aromatic N) is 1. The number of aryl methyl sites for hydroxylation is 1. The Balaban J connectivity index is 1.74. The normalized spacial score (nSPS) is 15.6. The number of nitrogens with one attached hydrogen (secondary N) is 2. The second-order valence-electron chi connectivity index (χ2n) is 6.76. The summed E-state index contributed by atoms with van der Waals surface area (Å²) in [6, 6.07) is 8.14. The second-order valence-corrected chi connectivity index (χ2v) is 7.76. The summed E-state index contributed by atoms with van der Waals surface area (Å²) < 4.78 is 0. The quantitative estimate of drug-likeness (QED) is 0.797. The number of aromatic nitrogens is 1. The van der Waals surface area contributed by atoms with Gasteiger partial charge in [-0.1, -0.05) is 49.8 Å². The van der Waals surface area contributed by atoms with Crippen LogP contribution < -0.4 is 10.6 Å². The predicted octanol–water partition coefficient (Wildman–Crippen LogP) is 3.45. The maximum absolute atomic E-state index is 12.8. The van der Waals surface area contributed by atoms with E-state index < -0.39 is 6.04 Å². The molecule has 2 aromatic rings. The van der Waals surface area contributed by atoms with Crippen molar-refractivity contribution in [3.05, 3.63) is 46.5 Å². The number of benzene rings is 1. The highest BCUT2D eigenvalue weighted by molar-refractivity contribution is 7.17. The van der Waals surface area contributed by atoms with E-state index >= 15 is 0 Å². The van der Waals surface area contributed by atoms with E-state index in [2.05, 4.69) is 15.6 Å². The third-order valence-electron chi connectivity index (χ3n) is 4.82. The van der Waals surface area contributed by atoms with Gasteiger partial charge in [-0.2, -0.15) is 0 Å². The largest absolute Gasteiger partial charge is 0.340 e. The molecule has 2 unspecified atom stereocenters. The molecule has 0 bridgehead atoms. The molecule has 0 spiro atoms. The molecule has 3 rings (SSSR count). The van der Waals surface area contributed by atoms with Crippen molar-refractivity contribution in [3.63, 3.8) is 0 Å². The van der Waals surface area contributed by atoms with Crippen LogP contribution in [0.2, 0.25) is 0 Å². The first-order chi connectivity index (χ1) is 13.0. The van der Waals surface area contributed by atoms with Crippen LogP contribution >= 0.6 is 11.3 Å². The summed E-state index contributed by atoms with van der Waals surface area (Å²) in [5.41, 5.74) is 1.27. The van der Waals surface area contributed by atoms with Crippen LogP contribution in [-0.2, 0) is 11.2 Å². The van der Waals surface area contributed by atoms with Crippen molar-refractivity contribution in [3.8, 4) is 0 Å². The van der Waals surface area contributed by atoms with E-state index in [9.17, 15) is 14.4 Å². The fraction of sp³-hybridized carbons (Fsp3) is 0.400. The summed E-state index contributed by atoms with van der Waals surface area (Å²) >= 11 is 1.22. The molecule has 2 amide bonds. The summed E-state index contributed by atoms with van der Waals surface area (Å²) in [5, 5.41) is 6.05. The van der Waals surface area contributed by atoms with Gasteiger partial charge in [0.05, 0.1) is 10.6 Å². The Morgan fingerprint density at radius 1 is 1.22 bits per heavy atom. The van der Waals surface area contributed by atoms with Crippen LogP contribution in [0.1, 0.15) is 58.8 Å². The first-order valence-corrected chi connectivity index (χ1v) is 10.0. The van der Waals surface area contributed by atoms with E-state index in [0.29, 0.717) is 22.0 Å². The minimum absolute atomic E-state index is 0.0473. The van der Waals surface area contributed by atoms with E-state index in [1.165, 1.54) is 11.3 Å². The maximum Gasteiger partial charge on any atom is 0.251 e. The Kier molecular flexibility index (Phi) is 6.01. The summed E-state index contributed by atoms with van der Waals surface area (Å²) in [5.74, 6) is -0.559. The zero-order valence-corrected chi connectivity index (χ0v) is 16.3. The molecule has 142 valence electrons. The van der Waals surface area contributed by atoms with Crippen LogP contribution in [0, 0.1) is 5.92 Å². The van der Waals surface area contributed by atoms with Crippen molar-refractivity contribution in [2.75, 3.05) is 5.32 Å². The topological polar surface area (TPSA) is 88.2 Å². The number of ketones is 1. The average Bonchev–Trinajstić information content (AvgIpc) is 3.09. The highest BCUT2D eigenvalue weighted by Gasteiger charge is 2.28. The molecule has 0 fully saturated rings.